The van der Waals surface area contributed by atoms with Crippen LogP contribution in [0.15, 0.2) is 29.6 Å². The van der Waals surface area contributed by atoms with E-state index >= 15 is 0 Å². The minimum absolute atomic E-state index is 0.0387. The molecule has 0 amide bonds. The second-order valence-corrected chi connectivity index (χ2v) is 5.63. The van der Waals surface area contributed by atoms with E-state index in [2.05, 4.69) is 0 Å². The summed E-state index contributed by atoms with van der Waals surface area (Å²) in [5.41, 5.74) is 1.26. The van der Waals surface area contributed by atoms with Crippen molar-refractivity contribution in [3.8, 4) is 0 Å². The fourth-order valence-electron chi connectivity index (χ4n) is 1.44. The van der Waals surface area contributed by atoms with E-state index < -0.39 is 0 Å². The first-order valence-corrected chi connectivity index (χ1v) is 6.59. The molecule has 1 aromatic carbocycles. The van der Waals surface area contributed by atoms with Gasteiger partial charge in [0.25, 0.3) is 0 Å². The molecule has 0 unspecified atom stereocenters. The van der Waals surface area contributed by atoms with Crippen LogP contribution in [0.1, 0.15) is 20.8 Å². The number of ketones is 1. The third kappa shape index (κ3) is 2.17. The van der Waals surface area contributed by atoms with E-state index in [-0.39, 0.29) is 11.6 Å². The van der Waals surface area contributed by atoms with E-state index in [1.165, 1.54) is 29.5 Å². The first-order valence-electron chi connectivity index (χ1n) is 4.63. The molecular weight excluding hydrogens is 338 g/mol. The van der Waals surface area contributed by atoms with Crippen LogP contribution >= 0.6 is 33.9 Å². The molecule has 2 aromatic rings. The fraction of sp³-hybridized carbons (Fsp3) is 0.0833. The maximum Gasteiger partial charge on any atom is 0.195 e. The summed E-state index contributed by atoms with van der Waals surface area (Å²) in [6.07, 6.45) is 0. The number of carbonyl (C=O) groups excluding carboxylic acids is 1. The zero-order valence-electron chi connectivity index (χ0n) is 8.46. The van der Waals surface area contributed by atoms with Crippen LogP contribution in [0.25, 0.3) is 0 Å². The van der Waals surface area contributed by atoms with Crippen molar-refractivity contribution < 1.29 is 9.18 Å². The molecule has 0 bridgehead atoms. The van der Waals surface area contributed by atoms with Crippen LogP contribution in [-0.2, 0) is 0 Å². The lowest BCUT2D eigenvalue weighted by atomic mass is 10.0. The lowest BCUT2D eigenvalue weighted by Gasteiger charge is -2.03. The van der Waals surface area contributed by atoms with E-state index in [1.807, 2.05) is 41.0 Å². The Hall–Kier alpha value is -0.750. The predicted octanol–water partition coefficient (Wildman–Crippen LogP) is 4.03. The number of benzene rings is 1. The molecule has 0 aliphatic carbocycles. The summed E-state index contributed by atoms with van der Waals surface area (Å²) in [5.74, 6) is -0.355. The number of halogens is 2. The number of rotatable bonds is 2. The van der Waals surface area contributed by atoms with Gasteiger partial charge in [-0.05, 0) is 59.2 Å². The molecule has 1 aromatic heterocycles. The van der Waals surface area contributed by atoms with Gasteiger partial charge in [0.15, 0.2) is 5.78 Å². The van der Waals surface area contributed by atoms with Crippen molar-refractivity contribution >= 4 is 39.7 Å². The van der Waals surface area contributed by atoms with E-state index in [9.17, 15) is 9.18 Å². The van der Waals surface area contributed by atoms with Crippen molar-refractivity contribution in [3.05, 3.63) is 55.0 Å². The average Bonchev–Trinajstić information content (AvgIpc) is 2.63. The van der Waals surface area contributed by atoms with Gasteiger partial charge in [0.05, 0.1) is 0 Å². The third-order valence-electron chi connectivity index (χ3n) is 2.28. The first kappa shape index (κ1) is 11.7. The summed E-state index contributed by atoms with van der Waals surface area (Å²) < 4.78 is 13.6. The van der Waals surface area contributed by atoms with Gasteiger partial charge in [-0.3, -0.25) is 4.79 Å². The molecule has 0 atom stereocenters. The van der Waals surface area contributed by atoms with Gasteiger partial charge < -0.3 is 0 Å². The highest BCUT2D eigenvalue weighted by Crippen LogP contribution is 2.22. The van der Waals surface area contributed by atoms with E-state index in [0.717, 1.165) is 4.88 Å². The Morgan fingerprint density at radius 3 is 2.62 bits per heavy atom. The zero-order chi connectivity index (χ0) is 11.7. The molecule has 0 radical (unpaired) electrons. The van der Waals surface area contributed by atoms with Crippen molar-refractivity contribution in [2.75, 3.05) is 0 Å². The Balaban J connectivity index is 2.46. The predicted molar refractivity (Wildman–Crippen MR) is 71.6 cm³/mol. The maximum atomic E-state index is 12.9. The highest BCUT2D eigenvalue weighted by molar-refractivity contribution is 14.1. The lowest BCUT2D eigenvalue weighted by Crippen LogP contribution is -2.04. The molecule has 1 nitrogen and oxygen atoms in total. The Labute approximate surface area is 110 Å². The first-order chi connectivity index (χ1) is 7.59. The van der Waals surface area contributed by atoms with E-state index in [0.29, 0.717) is 14.7 Å². The number of aryl methyl sites for hydroxylation is 1. The van der Waals surface area contributed by atoms with Crippen LogP contribution in [-0.4, -0.2) is 5.78 Å². The van der Waals surface area contributed by atoms with Crippen LogP contribution in [0, 0.1) is 16.3 Å². The maximum absolute atomic E-state index is 12.9. The average molecular weight is 346 g/mol. The van der Waals surface area contributed by atoms with Gasteiger partial charge in [-0.2, -0.15) is 0 Å². The van der Waals surface area contributed by atoms with Crippen molar-refractivity contribution in [2.24, 2.45) is 0 Å². The van der Waals surface area contributed by atoms with Crippen molar-refractivity contribution in [1.82, 2.24) is 0 Å². The smallest absolute Gasteiger partial charge is 0.195 e. The molecule has 2 rings (SSSR count). The minimum atomic E-state index is -0.317. The van der Waals surface area contributed by atoms with Crippen LogP contribution in [0.3, 0.4) is 0 Å². The van der Waals surface area contributed by atoms with Gasteiger partial charge >= 0.3 is 0 Å². The van der Waals surface area contributed by atoms with Crippen molar-refractivity contribution in [1.29, 1.82) is 0 Å². The summed E-state index contributed by atoms with van der Waals surface area (Å²) in [6, 6.07) is 6.03. The second-order valence-electron chi connectivity index (χ2n) is 3.34. The Bertz CT molecular complexity index is 548. The van der Waals surface area contributed by atoms with Gasteiger partial charge in [0.2, 0.25) is 0 Å². The van der Waals surface area contributed by atoms with Crippen LogP contribution in [0.2, 0.25) is 0 Å². The molecular formula is C12H8FIOS. The monoisotopic (exact) mass is 346 g/mol. The minimum Gasteiger partial charge on any atom is -0.289 e. The van der Waals surface area contributed by atoms with Gasteiger partial charge in [0, 0.05) is 19.6 Å². The number of thiophene rings is 1. The van der Waals surface area contributed by atoms with E-state index in [4.69, 9.17) is 0 Å². The van der Waals surface area contributed by atoms with Gasteiger partial charge in [-0.1, -0.05) is 0 Å². The molecule has 0 aliphatic rings. The SMILES string of the molecule is Cc1sccc1C(=O)c1ccc(F)cc1I. The Morgan fingerprint density at radius 2 is 2.06 bits per heavy atom. The normalized spacial score (nSPS) is 10.4. The molecule has 82 valence electrons. The third-order valence-corrected chi connectivity index (χ3v) is 4.02. The lowest BCUT2D eigenvalue weighted by molar-refractivity contribution is 0.103. The van der Waals surface area contributed by atoms with Crippen LogP contribution in [0.4, 0.5) is 4.39 Å². The molecule has 0 aliphatic heterocycles. The molecule has 0 N–H and O–H groups in total. The Kier molecular flexibility index (Phi) is 3.39. The summed E-state index contributed by atoms with van der Waals surface area (Å²) in [4.78, 5) is 13.1. The Morgan fingerprint density at radius 1 is 1.31 bits per heavy atom. The molecule has 0 fully saturated rings. The van der Waals surface area contributed by atoms with Gasteiger partial charge in [-0.15, -0.1) is 11.3 Å². The van der Waals surface area contributed by atoms with Crippen molar-refractivity contribution in [2.45, 2.75) is 6.92 Å². The molecule has 0 saturated heterocycles. The largest absolute Gasteiger partial charge is 0.289 e. The van der Waals surface area contributed by atoms with Crippen molar-refractivity contribution in [3.63, 3.8) is 0 Å². The quantitative estimate of drug-likeness (QED) is 0.593. The molecule has 0 spiro atoms. The summed E-state index contributed by atoms with van der Waals surface area (Å²) >= 11 is 3.52. The number of carbonyl (C=O) groups is 1. The summed E-state index contributed by atoms with van der Waals surface area (Å²) in [7, 11) is 0. The standard InChI is InChI=1S/C12H8FIOS/c1-7-9(4-5-16-7)12(15)10-3-2-8(13)6-11(10)14/h2-6H,1H3. The topological polar surface area (TPSA) is 17.1 Å². The van der Waals surface area contributed by atoms with Crippen LogP contribution < -0.4 is 0 Å². The highest BCUT2D eigenvalue weighted by atomic mass is 127. The fourth-order valence-corrected chi connectivity index (χ4v) is 2.86. The van der Waals surface area contributed by atoms with E-state index in [1.54, 1.807) is 0 Å². The number of hydrogen-bond donors (Lipinski definition) is 0. The molecule has 1 heterocycles. The summed E-state index contributed by atoms with van der Waals surface area (Å²) in [5, 5.41) is 1.89. The van der Waals surface area contributed by atoms with Gasteiger partial charge in [-0.25, -0.2) is 4.39 Å². The molecule has 0 saturated carbocycles. The van der Waals surface area contributed by atoms with Crippen LogP contribution in [0.5, 0.6) is 0 Å². The highest BCUT2D eigenvalue weighted by Gasteiger charge is 2.15. The zero-order valence-corrected chi connectivity index (χ0v) is 11.4. The molecule has 4 heteroatoms. The van der Waals surface area contributed by atoms with Gasteiger partial charge in [0.1, 0.15) is 5.82 Å². The summed E-state index contributed by atoms with van der Waals surface area (Å²) in [6.45, 7) is 1.91. The molecule has 16 heavy (non-hydrogen) atoms. The second kappa shape index (κ2) is 4.63. The number of hydrogen-bond acceptors (Lipinski definition) is 2.